The number of furan rings is 2. The molecule has 0 saturated carbocycles. The first kappa shape index (κ1) is 53.9. The minimum atomic E-state index is -0.960. The Kier molecular flexibility index (Phi) is 12.3. The Labute approximate surface area is 501 Å². The molecule has 14 rings (SSSR count). The minimum absolute atomic E-state index is 0.0210. The summed E-state index contributed by atoms with van der Waals surface area (Å²) in [7, 11) is 0. The summed E-state index contributed by atoms with van der Waals surface area (Å²) in [4.78, 5) is 4.95. The zero-order chi connectivity index (χ0) is 59.0. The number of nitrogens with zero attached hydrogens (tertiary/aromatic N) is 2. The molecule has 420 valence electrons. The van der Waals surface area contributed by atoms with Gasteiger partial charge in [-0.15, -0.1) is 0 Å². The van der Waals surface area contributed by atoms with Crippen LogP contribution in [-0.2, 0) is 27.1 Å². The van der Waals surface area contributed by atoms with Gasteiger partial charge in [-0.1, -0.05) is 223 Å². The van der Waals surface area contributed by atoms with Gasteiger partial charge in [0.15, 0.2) is 0 Å². The second-order valence-electron chi connectivity index (χ2n) is 27.8. The molecule has 0 radical (unpaired) electrons. The molecule has 1 aliphatic carbocycles. The monoisotopic (exact) mass is 1110 g/mol. The van der Waals surface area contributed by atoms with Crippen molar-refractivity contribution in [3.05, 3.63) is 275 Å². The topological polar surface area (TPSA) is 32.8 Å². The third kappa shape index (κ3) is 8.78. The van der Waals surface area contributed by atoms with Crippen molar-refractivity contribution in [3.8, 4) is 11.1 Å². The first-order valence-corrected chi connectivity index (χ1v) is 30.2. The third-order valence-corrected chi connectivity index (χ3v) is 18.2. The van der Waals surface area contributed by atoms with E-state index in [-0.39, 0.29) is 21.7 Å². The number of hydrogen-bond acceptors (Lipinski definition) is 4. The van der Waals surface area contributed by atoms with Crippen LogP contribution in [0.2, 0.25) is 0 Å². The van der Waals surface area contributed by atoms with E-state index in [9.17, 15) is 0 Å². The molecule has 13 aromatic rings. The van der Waals surface area contributed by atoms with Crippen LogP contribution >= 0.6 is 0 Å². The Morgan fingerprint density at radius 3 is 1.25 bits per heavy atom. The summed E-state index contributed by atoms with van der Waals surface area (Å²) in [5.74, 6) is 0. The molecule has 0 N–H and O–H groups in total. The van der Waals surface area contributed by atoms with Gasteiger partial charge < -0.3 is 18.6 Å². The van der Waals surface area contributed by atoms with Crippen LogP contribution in [0.15, 0.2) is 239 Å². The zero-order valence-corrected chi connectivity index (χ0v) is 51.2. The SMILES string of the molecule is CC(C)(C)c1ccc(N(c2ccccc2)c2cc3c(c4ccccc24)-c2c(cc(N(c4ccccc4)c4ccc(C(C)(C)C)cc4)c4c2oc2ccccc24)C3(c2ccc(C(C)(C)C)cc2)c2ccc3oc4ccc(C(C)(C)C)cc4c3c2)cc1. The predicted molar refractivity (Wildman–Crippen MR) is 360 cm³/mol. The van der Waals surface area contributed by atoms with Gasteiger partial charge in [0, 0.05) is 49.9 Å². The fraction of sp³-hybridized carbons (Fsp3) is 0.210. The summed E-state index contributed by atoms with van der Waals surface area (Å²) in [5, 5.41) is 6.60. The number of para-hydroxylation sites is 3. The van der Waals surface area contributed by atoms with Crippen molar-refractivity contribution >= 4 is 88.8 Å². The lowest BCUT2D eigenvalue weighted by atomic mass is 9.66. The number of anilines is 6. The van der Waals surface area contributed by atoms with Gasteiger partial charge in [-0.2, -0.15) is 0 Å². The van der Waals surface area contributed by atoms with Crippen LogP contribution in [0.25, 0.3) is 65.8 Å². The second kappa shape index (κ2) is 19.5. The van der Waals surface area contributed by atoms with Crippen molar-refractivity contribution < 1.29 is 8.83 Å². The van der Waals surface area contributed by atoms with E-state index in [1.807, 2.05) is 0 Å². The molecule has 0 saturated heterocycles. The fourth-order valence-electron chi connectivity index (χ4n) is 13.6. The molecular weight excluding hydrogens is 1030 g/mol. The second-order valence-corrected chi connectivity index (χ2v) is 27.8. The van der Waals surface area contributed by atoms with Crippen LogP contribution in [0.1, 0.15) is 128 Å². The number of rotatable bonds is 8. The van der Waals surface area contributed by atoms with Crippen molar-refractivity contribution in [2.75, 3.05) is 9.80 Å². The van der Waals surface area contributed by atoms with Gasteiger partial charge in [-0.3, -0.25) is 0 Å². The molecule has 11 aromatic carbocycles. The molecule has 1 atom stereocenters. The number of benzene rings is 11. The molecule has 0 bridgehead atoms. The minimum Gasteiger partial charge on any atom is -0.456 e. The Morgan fingerprint density at radius 1 is 0.294 bits per heavy atom. The van der Waals surface area contributed by atoms with Crippen LogP contribution in [-0.4, -0.2) is 0 Å². The molecule has 4 heteroatoms. The smallest absolute Gasteiger partial charge is 0.145 e. The van der Waals surface area contributed by atoms with Gasteiger partial charge in [-0.25, -0.2) is 0 Å². The van der Waals surface area contributed by atoms with Crippen molar-refractivity contribution in [2.24, 2.45) is 0 Å². The molecular formula is C81H74N2O2. The average molecular weight is 1110 g/mol. The molecule has 0 aliphatic heterocycles. The van der Waals surface area contributed by atoms with Gasteiger partial charge in [0.25, 0.3) is 0 Å². The quantitative estimate of drug-likeness (QED) is 0.152. The largest absolute Gasteiger partial charge is 0.456 e. The highest BCUT2D eigenvalue weighted by Crippen LogP contribution is 2.64. The Bertz CT molecular complexity index is 4710. The zero-order valence-electron chi connectivity index (χ0n) is 51.2. The van der Waals surface area contributed by atoms with E-state index < -0.39 is 5.41 Å². The maximum atomic E-state index is 7.62. The summed E-state index contributed by atoms with van der Waals surface area (Å²) in [6.45, 7) is 27.5. The van der Waals surface area contributed by atoms with Gasteiger partial charge in [-0.05, 0) is 168 Å². The van der Waals surface area contributed by atoms with Gasteiger partial charge in [0.2, 0.25) is 0 Å². The standard InChI is InChI=1S/C81H74N2O2/c1-77(2,3)51-31-33-54(34-32-51)81(56-40-46-72-65(48-56)64-47-55(80(10,11)12)39-45-71(64)84-72)66-49-68(82(57-23-15-13-16-24-57)59-41-35-52(36-42-59)78(4,5)6)61-27-19-20-28-62(61)73(66)75-67(81)50-69(74-63-29-21-22-30-70(63)85-76(74)75)83(58-25-17-14-18-26-58)60-43-37-53(38-44-60)79(7,8)9/h13-50H,1-12H3. The summed E-state index contributed by atoms with van der Waals surface area (Å²) in [6, 6.07) is 86.4. The Balaban J connectivity index is 1.19. The van der Waals surface area contributed by atoms with E-state index in [0.717, 1.165) is 117 Å². The Hall–Kier alpha value is -9.12. The number of hydrogen-bond donors (Lipinski definition) is 0. The van der Waals surface area contributed by atoms with Crippen LogP contribution < -0.4 is 9.80 Å². The Morgan fingerprint density at radius 2 is 0.694 bits per heavy atom. The normalized spacial score (nSPS) is 14.6. The highest BCUT2D eigenvalue weighted by atomic mass is 16.3. The highest BCUT2D eigenvalue weighted by molar-refractivity contribution is 6.23. The average Bonchev–Trinajstić information content (AvgIpc) is 1.89. The molecule has 1 aliphatic rings. The van der Waals surface area contributed by atoms with E-state index in [4.69, 9.17) is 8.83 Å². The first-order chi connectivity index (χ1) is 40.7. The van der Waals surface area contributed by atoms with Gasteiger partial charge in [0.05, 0.1) is 22.2 Å². The van der Waals surface area contributed by atoms with Crippen molar-refractivity contribution in [1.82, 2.24) is 0 Å². The third-order valence-electron chi connectivity index (χ3n) is 18.2. The molecule has 85 heavy (non-hydrogen) atoms. The summed E-state index contributed by atoms with van der Waals surface area (Å²) in [6.07, 6.45) is 0. The highest BCUT2D eigenvalue weighted by Gasteiger charge is 2.50. The molecule has 0 fully saturated rings. The van der Waals surface area contributed by atoms with Crippen LogP contribution in [0.3, 0.4) is 0 Å². The summed E-state index contributed by atoms with van der Waals surface area (Å²) >= 11 is 0. The van der Waals surface area contributed by atoms with Crippen LogP contribution in [0, 0.1) is 0 Å². The van der Waals surface area contributed by atoms with Gasteiger partial charge >= 0.3 is 0 Å². The molecule has 0 amide bonds. The lowest BCUT2D eigenvalue weighted by molar-refractivity contribution is 0.589. The van der Waals surface area contributed by atoms with Crippen LogP contribution in [0.5, 0.6) is 0 Å². The molecule has 1 unspecified atom stereocenters. The van der Waals surface area contributed by atoms with Gasteiger partial charge in [0.1, 0.15) is 22.3 Å². The van der Waals surface area contributed by atoms with E-state index in [2.05, 4.69) is 323 Å². The van der Waals surface area contributed by atoms with E-state index in [1.54, 1.807) is 0 Å². The van der Waals surface area contributed by atoms with E-state index >= 15 is 0 Å². The summed E-state index contributed by atoms with van der Waals surface area (Å²) < 4.78 is 14.5. The first-order valence-electron chi connectivity index (χ1n) is 30.2. The lowest BCUT2D eigenvalue weighted by Gasteiger charge is -2.36. The van der Waals surface area contributed by atoms with E-state index in [1.165, 1.54) is 27.8 Å². The predicted octanol–water partition coefficient (Wildman–Crippen LogP) is 23.1. The number of fused-ring (bicyclic) bond motifs is 12. The van der Waals surface area contributed by atoms with E-state index in [0.29, 0.717) is 0 Å². The molecule has 0 spiro atoms. The molecule has 2 heterocycles. The lowest BCUT2D eigenvalue weighted by Crippen LogP contribution is -2.29. The van der Waals surface area contributed by atoms with Crippen molar-refractivity contribution in [1.29, 1.82) is 0 Å². The van der Waals surface area contributed by atoms with Crippen molar-refractivity contribution in [2.45, 2.75) is 110 Å². The maximum absolute atomic E-state index is 7.62. The van der Waals surface area contributed by atoms with Crippen molar-refractivity contribution in [3.63, 3.8) is 0 Å². The fourth-order valence-corrected chi connectivity index (χ4v) is 13.6. The van der Waals surface area contributed by atoms with Crippen LogP contribution in [0.4, 0.5) is 34.1 Å². The molecule has 4 nitrogen and oxygen atoms in total. The summed E-state index contributed by atoms with van der Waals surface area (Å²) in [5.41, 5.74) is 20.6. The molecule has 2 aromatic heterocycles. The maximum Gasteiger partial charge on any atom is 0.145 e.